The highest BCUT2D eigenvalue weighted by atomic mass is 35.5. The van der Waals surface area contributed by atoms with E-state index in [4.69, 9.17) is 16.7 Å². The van der Waals surface area contributed by atoms with Gasteiger partial charge in [0.1, 0.15) is 5.69 Å². The summed E-state index contributed by atoms with van der Waals surface area (Å²) in [6.45, 7) is 6.64. The highest BCUT2D eigenvalue weighted by Crippen LogP contribution is 2.27. The van der Waals surface area contributed by atoms with Crippen molar-refractivity contribution < 1.29 is 14.7 Å². The third-order valence-electron chi connectivity index (χ3n) is 3.88. The van der Waals surface area contributed by atoms with E-state index in [1.807, 2.05) is 18.4 Å². The Balaban J connectivity index is 2.06. The molecule has 1 saturated heterocycles. The van der Waals surface area contributed by atoms with Gasteiger partial charge in [0.25, 0.3) is 5.91 Å². The Labute approximate surface area is 123 Å². The van der Waals surface area contributed by atoms with Crippen LogP contribution in [0.15, 0.2) is 12.3 Å². The Morgan fingerprint density at radius 3 is 2.45 bits per heavy atom. The van der Waals surface area contributed by atoms with Crippen molar-refractivity contribution in [3.05, 3.63) is 23.0 Å². The average Bonchev–Trinajstić information content (AvgIpc) is 2.69. The Hall–Kier alpha value is -1.49. The molecule has 0 aromatic carbocycles. The lowest BCUT2D eigenvalue weighted by atomic mass is 9.87. The minimum absolute atomic E-state index is 0.0365. The van der Waals surface area contributed by atoms with E-state index in [1.165, 1.54) is 0 Å². The fourth-order valence-corrected chi connectivity index (χ4v) is 2.61. The summed E-state index contributed by atoms with van der Waals surface area (Å²) in [7, 11) is 0. The van der Waals surface area contributed by atoms with E-state index in [2.05, 4.69) is 0 Å². The van der Waals surface area contributed by atoms with Crippen LogP contribution in [0.5, 0.6) is 0 Å². The Morgan fingerprint density at radius 1 is 1.35 bits per heavy atom. The number of aromatic nitrogens is 1. The van der Waals surface area contributed by atoms with E-state index < -0.39 is 11.9 Å². The number of likely N-dealkylation sites (tertiary alicyclic amines) is 1. The molecule has 0 saturated carbocycles. The summed E-state index contributed by atoms with van der Waals surface area (Å²) < 4.78 is 1.85. The third kappa shape index (κ3) is 2.68. The first-order valence-electron chi connectivity index (χ1n) is 6.70. The van der Waals surface area contributed by atoms with Crippen molar-refractivity contribution in [1.82, 2.24) is 9.47 Å². The van der Waals surface area contributed by atoms with Crippen molar-refractivity contribution in [3.8, 4) is 0 Å². The maximum atomic E-state index is 12.4. The first-order chi connectivity index (χ1) is 9.31. The quantitative estimate of drug-likeness (QED) is 0.929. The van der Waals surface area contributed by atoms with Crippen LogP contribution in [0, 0.1) is 11.8 Å². The smallest absolute Gasteiger partial charge is 0.306 e. The van der Waals surface area contributed by atoms with Gasteiger partial charge in [-0.25, -0.2) is 0 Å². The zero-order valence-corrected chi connectivity index (χ0v) is 12.6. The van der Waals surface area contributed by atoms with Crippen LogP contribution in [0.3, 0.4) is 0 Å². The predicted octanol–water partition coefficient (Wildman–Crippen LogP) is 2.52. The molecule has 20 heavy (non-hydrogen) atoms. The summed E-state index contributed by atoms with van der Waals surface area (Å²) in [4.78, 5) is 25.0. The molecular formula is C14H19ClN2O3. The molecule has 1 N–H and O–H groups in total. The van der Waals surface area contributed by atoms with Crippen molar-refractivity contribution in [2.45, 2.75) is 26.8 Å². The average molecular weight is 299 g/mol. The van der Waals surface area contributed by atoms with E-state index in [1.54, 1.807) is 24.1 Å². The predicted molar refractivity (Wildman–Crippen MR) is 76.0 cm³/mol. The van der Waals surface area contributed by atoms with Gasteiger partial charge in [-0.1, -0.05) is 18.5 Å². The van der Waals surface area contributed by atoms with Gasteiger partial charge in [0.2, 0.25) is 0 Å². The maximum Gasteiger partial charge on any atom is 0.306 e. The fourth-order valence-electron chi connectivity index (χ4n) is 2.40. The number of halogens is 1. The number of hydrogen-bond acceptors (Lipinski definition) is 2. The molecule has 1 aromatic heterocycles. The minimum atomic E-state index is -0.810. The summed E-state index contributed by atoms with van der Waals surface area (Å²) in [5.74, 6) is -1.27. The van der Waals surface area contributed by atoms with Crippen LogP contribution in [0.25, 0.3) is 0 Å². The molecule has 1 fully saturated rings. The molecule has 2 rings (SSSR count). The van der Waals surface area contributed by atoms with Gasteiger partial charge in [0, 0.05) is 31.2 Å². The van der Waals surface area contributed by atoms with Crippen LogP contribution in [0.4, 0.5) is 0 Å². The highest BCUT2D eigenvalue weighted by Gasteiger charge is 2.38. The van der Waals surface area contributed by atoms with Crippen LogP contribution in [-0.4, -0.2) is 39.5 Å². The number of aliphatic carboxylic acids is 1. The number of carboxylic acids is 1. The van der Waals surface area contributed by atoms with E-state index >= 15 is 0 Å². The normalized spacial score (nSPS) is 17.1. The number of carboxylic acid groups (broad SMARTS) is 1. The zero-order chi connectivity index (χ0) is 15.0. The monoisotopic (exact) mass is 298 g/mol. The SMILES string of the molecule is CC(C(=O)O)C1CN(C(=O)c2cc(Cl)cn2C(C)C)C1. The van der Waals surface area contributed by atoms with Gasteiger partial charge in [-0.2, -0.15) is 0 Å². The molecule has 1 aromatic rings. The standard InChI is InChI=1S/C14H19ClN2O3/c1-8(2)17-7-11(15)4-12(17)13(18)16-5-10(6-16)9(3)14(19)20/h4,7-10H,5-6H2,1-3H3,(H,19,20). The Bertz CT molecular complexity index is 533. The third-order valence-corrected chi connectivity index (χ3v) is 4.09. The molecule has 2 heterocycles. The number of carbonyl (C=O) groups is 2. The lowest BCUT2D eigenvalue weighted by Gasteiger charge is -2.41. The maximum absolute atomic E-state index is 12.4. The van der Waals surface area contributed by atoms with E-state index in [0.29, 0.717) is 23.8 Å². The Kier molecular flexibility index (Phi) is 4.09. The summed E-state index contributed by atoms with van der Waals surface area (Å²) >= 11 is 5.97. The molecule has 110 valence electrons. The zero-order valence-electron chi connectivity index (χ0n) is 11.8. The number of amides is 1. The lowest BCUT2D eigenvalue weighted by molar-refractivity contribution is -0.144. The molecule has 1 atom stereocenters. The van der Waals surface area contributed by atoms with Gasteiger partial charge in [-0.15, -0.1) is 0 Å². The first-order valence-corrected chi connectivity index (χ1v) is 7.08. The molecule has 6 heteroatoms. The lowest BCUT2D eigenvalue weighted by Crippen LogP contribution is -2.53. The topological polar surface area (TPSA) is 62.5 Å². The van der Waals surface area contributed by atoms with Gasteiger partial charge in [-0.05, 0) is 19.9 Å². The van der Waals surface area contributed by atoms with Crippen molar-refractivity contribution in [1.29, 1.82) is 0 Å². The van der Waals surface area contributed by atoms with E-state index in [0.717, 1.165) is 0 Å². The van der Waals surface area contributed by atoms with E-state index in [9.17, 15) is 9.59 Å². The number of nitrogens with zero attached hydrogens (tertiary/aromatic N) is 2. The van der Waals surface area contributed by atoms with Gasteiger partial charge >= 0.3 is 5.97 Å². The molecule has 0 spiro atoms. The molecular weight excluding hydrogens is 280 g/mol. The molecule has 5 nitrogen and oxygen atoms in total. The highest BCUT2D eigenvalue weighted by molar-refractivity contribution is 6.31. The molecule has 0 radical (unpaired) electrons. The van der Waals surface area contributed by atoms with Crippen LogP contribution in [0.1, 0.15) is 37.3 Å². The Morgan fingerprint density at radius 2 is 1.95 bits per heavy atom. The molecule has 1 amide bonds. The van der Waals surface area contributed by atoms with Gasteiger partial charge in [0.15, 0.2) is 0 Å². The largest absolute Gasteiger partial charge is 0.481 e. The van der Waals surface area contributed by atoms with Crippen LogP contribution in [-0.2, 0) is 4.79 Å². The molecule has 0 aliphatic carbocycles. The van der Waals surface area contributed by atoms with Gasteiger partial charge < -0.3 is 14.6 Å². The van der Waals surface area contributed by atoms with Gasteiger partial charge in [0.05, 0.1) is 10.9 Å². The van der Waals surface area contributed by atoms with Crippen molar-refractivity contribution >= 4 is 23.5 Å². The van der Waals surface area contributed by atoms with E-state index in [-0.39, 0.29) is 17.9 Å². The van der Waals surface area contributed by atoms with Crippen molar-refractivity contribution in [2.24, 2.45) is 11.8 Å². The number of carbonyl (C=O) groups excluding carboxylic acids is 1. The molecule has 1 aliphatic rings. The van der Waals surface area contributed by atoms with Crippen LogP contribution in [0.2, 0.25) is 5.02 Å². The second-order valence-electron chi connectivity index (χ2n) is 5.64. The second-order valence-corrected chi connectivity index (χ2v) is 6.08. The molecule has 1 unspecified atom stereocenters. The van der Waals surface area contributed by atoms with Crippen molar-refractivity contribution in [2.75, 3.05) is 13.1 Å². The summed E-state index contributed by atoms with van der Waals surface area (Å²) in [6.07, 6.45) is 1.75. The summed E-state index contributed by atoms with van der Waals surface area (Å²) in [5.41, 5.74) is 0.562. The van der Waals surface area contributed by atoms with Crippen molar-refractivity contribution in [3.63, 3.8) is 0 Å². The van der Waals surface area contributed by atoms with Gasteiger partial charge in [-0.3, -0.25) is 9.59 Å². The number of rotatable bonds is 4. The first kappa shape index (κ1) is 14.9. The summed E-state index contributed by atoms with van der Waals surface area (Å²) in [5, 5.41) is 9.49. The minimum Gasteiger partial charge on any atom is -0.481 e. The fraction of sp³-hybridized carbons (Fsp3) is 0.571. The molecule has 0 bridgehead atoms. The summed E-state index contributed by atoms with van der Waals surface area (Å²) in [6, 6.07) is 1.81. The van der Waals surface area contributed by atoms with Crippen LogP contribution < -0.4 is 0 Å². The molecule has 1 aliphatic heterocycles. The number of hydrogen-bond donors (Lipinski definition) is 1. The second kappa shape index (κ2) is 5.48. The van der Waals surface area contributed by atoms with Crippen LogP contribution >= 0.6 is 11.6 Å².